The highest BCUT2D eigenvalue weighted by molar-refractivity contribution is 5.74. The molecule has 0 amide bonds. The summed E-state index contributed by atoms with van der Waals surface area (Å²) in [5.74, 6) is 3.23. The van der Waals surface area contributed by atoms with E-state index in [2.05, 4.69) is 17.2 Å². The highest BCUT2D eigenvalue weighted by Gasteiger charge is 2.26. The van der Waals surface area contributed by atoms with E-state index in [1.165, 1.54) is 0 Å². The summed E-state index contributed by atoms with van der Waals surface area (Å²) in [5, 5.41) is 3.19. The van der Waals surface area contributed by atoms with Crippen LogP contribution in [0.15, 0.2) is 35.1 Å². The largest absolute Gasteiger partial charge is 0.493 e. The Morgan fingerprint density at radius 1 is 0.848 bits per heavy atom. The minimum atomic E-state index is -0.338. The monoisotopic (exact) mass is 453 g/mol. The second-order valence-corrected chi connectivity index (χ2v) is 7.65. The first-order valence-electron chi connectivity index (χ1n) is 10.4. The molecule has 1 aliphatic heterocycles. The number of hydrogen-bond donors (Lipinski definition) is 1. The van der Waals surface area contributed by atoms with Crippen LogP contribution in [-0.2, 0) is 6.54 Å². The molecular formula is C24H27N3O6. The zero-order valence-electron chi connectivity index (χ0n) is 19.5. The highest BCUT2D eigenvalue weighted by atomic mass is 16.5. The van der Waals surface area contributed by atoms with Gasteiger partial charge in [-0.05, 0) is 17.7 Å². The summed E-state index contributed by atoms with van der Waals surface area (Å²) in [7, 11) is 7.84. The number of fused-ring (bicyclic) bond motifs is 3. The molecule has 1 aromatic heterocycles. The maximum absolute atomic E-state index is 12.9. The van der Waals surface area contributed by atoms with Crippen molar-refractivity contribution in [2.45, 2.75) is 19.4 Å². The van der Waals surface area contributed by atoms with E-state index in [4.69, 9.17) is 23.7 Å². The molecule has 0 fully saturated rings. The quantitative estimate of drug-likeness (QED) is 0.577. The third-order valence-electron chi connectivity index (χ3n) is 5.77. The zero-order valence-corrected chi connectivity index (χ0v) is 19.5. The molecule has 9 heteroatoms. The molecule has 9 nitrogen and oxygen atoms in total. The molecular weight excluding hydrogens is 426 g/mol. The van der Waals surface area contributed by atoms with Crippen LogP contribution >= 0.6 is 0 Å². The molecule has 0 aliphatic carbocycles. The van der Waals surface area contributed by atoms with Gasteiger partial charge in [0.1, 0.15) is 5.82 Å². The van der Waals surface area contributed by atoms with E-state index in [1.54, 1.807) is 52.2 Å². The number of anilines is 2. The van der Waals surface area contributed by atoms with Crippen LogP contribution in [0.3, 0.4) is 0 Å². The summed E-state index contributed by atoms with van der Waals surface area (Å²) in [4.78, 5) is 17.2. The van der Waals surface area contributed by atoms with Gasteiger partial charge in [-0.1, -0.05) is 6.92 Å². The summed E-state index contributed by atoms with van der Waals surface area (Å²) in [6.07, 6.45) is 0. The van der Waals surface area contributed by atoms with Gasteiger partial charge < -0.3 is 29.0 Å². The van der Waals surface area contributed by atoms with Gasteiger partial charge in [-0.25, -0.2) is 4.79 Å². The molecule has 2 aromatic carbocycles. The Morgan fingerprint density at radius 3 is 2.03 bits per heavy atom. The predicted molar refractivity (Wildman–Crippen MR) is 125 cm³/mol. The summed E-state index contributed by atoms with van der Waals surface area (Å²) in [6.45, 7) is 2.59. The van der Waals surface area contributed by atoms with Crippen molar-refractivity contribution in [1.29, 1.82) is 0 Å². The Balaban J connectivity index is 1.82. The predicted octanol–water partition coefficient (Wildman–Crippen LogP) is 3.81. The molecule has 3 aromatic rings. The van der Waals surface area contributed by atoms with Crippen molar-refractivity contribution in [1.82, 2.24) is 9.55 Å². The smallest absolute Gasteiger partial charge is 0.350 e. The zero-order chi connectivity index (χ0) is 23.7. The molecule has 2 heterocycles. The summed E-state index contributed by atoms with van der Waals surface area (Å²) in [5.41, 5.74) is 3.03. The van der Waals surface area contributed by atoms with Crippen molar-refractivity contribution in [3.63, 3.8) is 0 Å². The normalized spacial score (nSPS) is 14.1. The van der Waals surface area contributed by atoms with Gasteiger partial charge in [0.05, 0.1) is 41.2 Å². The number of rotatable bonds is 7. The molecule has 4 rings (SSSR count). The van der Waals surface area contributed by atoms with E-state index in [1.807, 2.05) is 18.2 Å². The number of benzene rings is 2. The lowest BCUT2D eigenvalue weighted by atomic mass is 9.89. The van der Waals surface area contributed by atoms with Crippen LogP contribution in [0.2, 0.25) is 0 Å². The summed E-state index contributed by atoms with van der Waals surface area (Å²) >= 11 is 0. The molecule has 0 saturated carbocycles. The van der Waals surface area contributed by atoms with Gasteiger partial charge in [0.25, 0.3) is 0 Å². The molecule has 1 N–H and O–H groups in total. The Labute approximate surface area is 191 Å². The number of hydrogen-bond acceptors (Lipinski definition) is 8. The third-order valence-corrected chi connectivity index (χ3v) is 5.77. The lowest BCUT2D eigenvalue weighted by molar-refractivity contribution is 0.324. The van der Waals surface area contributed by atoms with Crippen LogP contribution in [0.4, 0.5) is 11.5 Å². The first kappa shape index (κ1) is 22.3. The van der Waals surface area contributed by atoms with Crippen LogP contribution in [0, 0.1) is 0 Å². The second-order valence-electron chi connectivity index (χ2n) is 7.65. The van der Waals surface area contributed by atoms with Gasteiger partial charge in [0.2, 0.25) is 5.75 Å². The molecule has 1 aliphatic rings. The average Bonchev–Trinajstić information content (AvgIpc) is 2.83. The lowest BCUT2D eigenvalue weighted by Crippen LogP contribution is -2.30. The van der Waals surface area contributed by atoms with E-state index in [-0.39, 0.29) is 11.6 Å². The standard InChI is InChI=1S/C24H27N3O6/c1-13-12-27-17(16-10-19(30-3)18(29-2)9-15(13)16)11-22(26-24(27)28)25-14-7-20(31-4)23(33-6)21(8-14)32-5/h7-11,13H,12H2,1-6H3,(H,25,26,28). The summed E-state index contributed by atoms with van der Waals surface area (Å²) in [6, 6.07) is 9.23. The van der Waals surface area contributed by atoms with Crippen LogP contribution in [0.25, 0.3) is 11.3 Å². The van der Waals surface area contributed by atoms with Crippen molar-refractivity contribution in [2.75, 3.05) is 40.9 Å². The van der Waals surface area contributed by atoms with E-state index < -0.39 is 0 Å². The van der Waals surface area contributed by atoms with Gasteiger partial charge in [-0.15, -0.1) is 0 Å². The fourth-order valence-corrected chi connectivity index (χ4v) is 4.17. The van der Waals surface area contributed by atoms with Crippen molar-refractivity contribution in [3.05, 3.63) is 46.4 Å². The molecule has 0 radical (unpaired) electrons. The number of nitrogens with one attached hydrogen (secondary N) is 1. The van der Waals surface area contributed by atoms with Crippen LogP contribution in [-0.4, -0.2) is 45.1 Å². The molecule has 1 unspecified atom stereocenters. The fourth-order valence-electron chi connectivity index (χ4n) is 4.17. The van der Waals surface area contributed by atoms with E-state index in [0.717, 1.165) is 16.8 Å². The fraction of sp³-hybridized carbons (Fsp3) is 0.333. The Kier molecular flexibility index (Phi) is 6.04. The number of nitrogens with zero attached hydrogens (tertiary/aromatic N) is 2. The highest BCUT2D eigenvalue weighted by Crippen LogP contribution is 2.43. The van der Waals surface area contributed by atoms with Crippen molar-refractivity contribution in [2.24, 2.45) is 0 Å². The van der Waals surface area contributed by atoms with Crippen LogP contribution < -0.4 is 34.7 Å². The third kappa shape index (κ3) is 3.90. The van der Waals surface area contributed by atoms with Crippen molar-refractivity contribution in [3.8, 4) is 40.0 Å². The Hall–Kier alpha value is -3.88. The molecule has 1 atom stereocenters. The molecule has 0 spiro atoms. The second kappa shape index (κ2) is 8.93. The SMILES string of the molecule is COc1cc2c(cc1OC)C(C)Cn1c-2cc(Nc2cc(OC)c(OC)c(OC)c2)nc1=O. The van der Waals surface area contributed by atoms with Gasteiger partial charge in [0, 0.05) is 41.9 Å². The first-order valence-corrected chi connectivity index (χ1v) is 10.4. The molecule has 0 bridgehead atoms. The maximum Gasteiger partial charge on any atom is 0.350 e. The Bertz CT molecular complexity index is 1230. The first-order chi connectivity index (χ1) is 15.9. The van der Waals surface area contributed by atoms with Crippen LogP contribution in [0.1, 0.15) is 18.4 Å². The molecule has 33 heavy (non-hydrogen) atoms. The van der Waals surface area contributed by atoms with Gasteiger partial charge in [-0.2, -0.15) is 4.98 Å². The van der Waals surface area contributed by atoms with E-state index in [9.17, 15) is 4.79 Å². The lowest BCUT2D eigenvalue weighted by Gasteiger charge is -2.28. The minimum Gasteiger partial charge on any atom is -0.493 e. The Morgan fingerprint density at radius 2 is 1.45 bits per heavy atom. The van der Waals surface area contributed by atoms with Gasteiger partial charge in [-0.3, -0.25) is 4.57 Å². The number of aromatic nitrogens is 2. The summed E-state index contributed by atoms with van der Waals surface area (Å²) < 4.78 is 28.9. The van der Waals surface area contributed by atoms with Crippen LogP contribution in [0.5, 0.6) is 28.7 Å². The molecule has 0 saturated heterocycles. The number of ether oxygens (including phenoxy) is 5. The maximum atomic E-state index is 12.9. The topological polar surface area (TPSA) is 93.1 Å². The van der Waals surface area contributed by atoms with Gasteiger partial charge in [0.15, 0.2) is 23.0 Å². The van der Waals surface area contributed by atoms with E-state index >= 15 is 0 Å². The van der Waals surface area contributed by atoms with Crippen molar-refractivity contribution >= 4 is 11.5 Å². The van der Waals surface area contributed by atoms with Gasteiger partial charge >= 0.3 is 5.69 Å². The molecule has 174 valence electrons. The van der Waals surface area contributed by atoms with Crippen molar-refractivity contribution < 1.29 is 23.7 Å². The average molecular weight is 453 g/mol. The minimum absolute atomic E-state index is 0.112. The number of methoxy groups -OCH3 is 5. The van der Waals surface area contributed by atoms with E-state index in [0.29, 0.717) is 46.8 Å².